The Labute approximate surface area is 100 Å². The van der Waals surface area contributed by atoms with E-state index in [4.69, 9.17) is 0 Å². The Bertz CT molecular complexity index is 514. The average Bonchev–Trinajstić information content (AvgIpc) is 3.07. The van der Waals surface area contributed by atoms with Crippen molar-refractivity contribution in [2.24, 2.45) is 5.92 Å². The third-order valence-electron chi connectivity index (χ3n) is 3.43. The van der Waals surface area contributed by atoms with E-state index in [0.29, 0.717) is 0 Å². The highest BCUT2D eigenvalue weighted by atomic mass is 19.1. The van der Waals surface area contributed by atoms with Gasteiger partial charge in [0, 0.05) is 17.1 Å². The monoisotopic (exact) mass is 232 g/mol. The second-order valence-corrected chi connectivity index (χ2v) is 4.90. The topological polar surface area (TPSA) is 27.8 Å². The van der Waals surface area contributed by atoms with Crippen LogP contribution in [-0.2, 0) is 6.42 Å². The number of aromatic amines is 1. The van der Waals surface area contributed by atoms with E-state index in [1.165, 1.54) is 24.5 Å². The molecule has 0 unspecified atom stereocenters. The molecule has 0 spiro atoms. The third kappa shape index (κ3) is 2.50. The van der Waals surface area contributed by atoms with Crippen molar-refractivity contribution in [3.63, 3.8) is 0 Å². The Morgan fingerprint density at radius 1 is 1.35 bits per heavy atom. The van der Waals surface area contributed by atoms with Crippen LogP contribution in [0.15, 0.2) is 24.4 Å². The van der Waals surface area contributed by atoms with Crippen LogP contribution in [0.3, 0.4) is 0 Å². The second-order valence-electron chi connectivity index (χ2n) is 4.90. The third-order valence-corrected chi connectivity index (χ3v) is 3.43. The predicted molar refractivity (Wildman–Crippen MR) is 67.6 cm³/mol. The van der Waals surface area contributed by atoms with Crippen molar-refractivity contribution >= 4 is 10.9 Å². The minimum absolute atomic E-state index is 0.163. The number of benzene rings is 1. The van der Waals surface area contributed by atoms with Crippen LogP contribution < -0.4 is 5.32 Å². The molecular formula is C14H17FN2. The van der Waals surface area contributed by atoms with E-state index in [2.05, 4.69) is 10.3 Å². The zero-order valence-electron chi connectivity index (χ0n) is 9.80. The Morgan fingerprint density at radius 2 is 2.24 bits per heavy atom. The maximum Gasteiger partial charge on any atom is 0.123 e. The largest absolute Gasteiger partial charge is 0.361 e. The van der Waals surface area contributed by atoms with E-state index in [1.807, 2.05) is 6.20 Å². The molecule has 2 N–H and O–H groups in total. The van der Waals surface area contributed by atoms with Gasteiger partial charge in [-0.2, -0.15) is 0 Å². The van der Waals surface area contributed by atoms with Crippen molar-refractivity contribution < 1.29 is 4.39 Å². The number of H-pyrrole nitrogens is 1. The lowest BCUT2D eigenvalue weighted by Gasteiger charge is -2.02. The summed E-state index contributed by atoms with van der Waals surface area (Å²) in [6.07, 6.45) is 5.70. The van der Waals surface area contributed by atoms with Gasteiger partial charge >= 0.3 is 0 Å². The molecule has 1 aromatic carbocycles. The fourth-order valence-corrected chi connectivity index (χ4v) is 2.21. The molecule has 3 heteroatoms. The summed E-state index contributed by atoms with van der Waals surface area (Å²) in [4.78, 5) is 3.18. The van der Waals surface area contributed by atoms with E-state index in [1.54, 1.807) is 12.1 Å². The number of aromatic nitrogens is 1. The fraction of sp³-hybridized carbons (Fsp3) is 0.429. The molecule has 0 radical (unpaired) electrons. The van der Waals surface area contributed by atoms with Gasteiger partial charge in [-0.05, 0) is 62.0 Å². The van der Waals surface area contributed by atoms with Gasteiger partial charge in [-0.1, -0.05) is 0 Å². The first-order valence-electron chi connectivity index (χ1n) is 6.29. The Kier molecular flexibility index (Phi) is 2.85. The van der Waals surface area contributed by atoms with Gasteiger partial charge in [0.05, 0.1) is 0 Å². The van der Waals surface area contributed by atoms with Gasteiger partial charge in [-0.25, -0.2) is 4.39 Å². The molecule has 1 aromatic heterocycles. The summed E-state index contributed by atoms with van der Waals surface area (Å²) in [5, 5.41) is 4.47. The molecule has 90 valence electrons. The smallest absolute Gasteiger partial charge is 0.123 e. The van der Waals surface area contributed by atoms with Crippen molar-refractivity contribution in [2.75, 3.05) is 13.1 Å². The van der Waals surface area contributed by atoms with Crippen LogP contribution in [0.2, 0.25) is 0 Å². The van der Waals surface area contributed by atoms with E-state index in [0.717, 1.165) is 36.3 Å². The van der Waals surface area contributed by atoms with Crippen molar-refractivity contribution in [1.82, 2.24) is 10.3 Å². The summed E-state index contributed by atoms with van der Waals surface area (Å²) >= 11 is 0. The van der Waals surface area contributed by atoms with Crippen molar-refractivity contribution in [1.29, 1.82) is 0 Å². The molecule has 1 heterocycles. The number of hydrogen-bond acceptors (Lipinski definition) is 1. The first-order chi connectivity index (χ1) is 8.33. The number of halogens is 1. The van der Waals surface area contributed by atoms with Gasteiger partial charge in [0.1, 0.15) is 5.82 Å². The summed E-state index contributed by atoms with van der Waals surface area (Å²) in [5.74, 6) is 0.750. The molecule has 3 rings (SSSR count). The lowest BCUT2D eigenvalue weighted by atomic mass is 10.1. The summed E-state index contributed by atoms with van der Waals surface area (Å²) < 4.78 is 13.2. The molecule has 0 bridgehead atoms. The van der Waals surface area contributed by atoms with Crippen molar-refractivity contribution in [3.05, 3.63) is 35.8 Å². The highest BCUT2D eigenvalue weighted by molar-refractivity contribution is 5.83. The van der Waals surface area contributed by atoms with E-state index in [-0.39, 0.29) is 5.82 Å². The van der Waals surface area contributed by atoms with Gasteiger partial charge in [0.2, 0.25) is 0 Å². The van der Waals surface area contributed by atoms with E-state index < -0.39 is 0 Å². The van der Waals surface area contributed by atoms with Crippen molar-refractivity contribution in [2.45, 2.75) is 19.3 Å². The van der Waals surface area contributed by atoms with Crippen LogP contribution in [-0.4, -0.2) is 18.1 Å². The Hall–Kier alpha value is -1.35. The van der Waals surface area contributed by atoms with E-state index in [9.17, 15) is 4.39 Å². The molecule has 0 saturated heterocycles. The van der Waals surface area contributed by atoms with E-state index >= 15 is 0 Å². The van der Waals surface area contributed by atoms with Crippen LogP contribution in [0.5, 0.6) is 0 Å². The number of nitrogens with one attached hydrogen (secondary N) is 2. The minimum Gasteiger partial charge on any atom is -0.361 e. The summed E-state index contributed by atoms with van der Waals surface area (Å²) in [6.45, 7) is 2.11. The standard InChI is InChI=1S/C14H17FN2/c15-12-3-4-14-13(7-12)11(9-17-14)5-6-16-8-10-1-2-10/h3-4,7,9-10,16-17H,1-2,5-6,8H2. The van der Waals surface area contributed by atoms with Crippen molar-refractivity contribution in [3.8, 4) is 0 Å². The highest BCUT2D eigenvalue weighted by Gasteiger charge is 2.19. The van der Waals surface area contributed by atoms with Crippen LogP contribution in [0.1, 0.15) is 18.4 Å². The first kappa shape index (κ1) is 10.8. The van der Waals surface area contributed by atoms with Crippen LogP contribution in [0, 0.1) is 11.7 Å². The fourth-order valence-electron chi connectivity index (χ4n) is 2.21. The zero-order chi connectivity index (χ0) is 11.7. The predicted octanol–water partition coefficient (Wildman–Crippen LogP) is 2.85. The molecule has 1 saturated carbocycles. The molecule has 17 heavy (non-hydrogen) atoms. The molecular weight excluding hydrogens is 215 g/mol. The summed E-state index contributed by atoms with van der Waals surface area (Å²) in [6, 6.07) is 4.90. The first-order valence-corrected chi connectivity index (χ1v) is 6.29. The van der Waals surface area contributed by atoms with Gasteiger partial charge in [-0.3, -0.25) is 0 Å². The van der Waals surface area contributed by atoms with Gasteiger partial charge < -0.3 is 10.3 Å². The number of rotatable bonds is 5. The Morgan fingerprint density at radius 3 is 3.06 bits per heavy atom. The highest BCUT2D eigenvalue weighted by Crippen LogP contribution is 2.27. The maximum atomic E-state index is 13.2. The number of hydrogen-bond donors (Lipinski definition) is 2. The summed E-state index contributed by atoms with van der Waals surface area (Å²) in [7, 11) is 0. The molecule has 0 aliphatic heterocycles. The lowest BCUT2D eigenvalue weighted by Crippen LogP contribution is -2.19. The molecule has 0 atom stereocenters. The van der Waals surface area contributed by atoms with Gasteiger partial charge in [0.25, 0.3) is 0 Å². The normalized spacial score (nSPS) is 15.6. The molecule has 2 aromatic rings. The zero-order valence-corrected chi connectivity index (χ0v) is 9.80. The molecule has 1 aliphatic carbocycles. The molecule has 2 nitrogen and oxygen atoms in total. The van der Waals surface area contributed by atoms with Crippen LogP contribution >= 0.6 is 0 Å². The molecule has 1 aliphatic rings. The molecule has 0 amide bonds. The number of fused-ring (bicyclic) bond motifs is 1. The van der Waals surface area contributed by atoms with Gasteiger partial charge in [-0.15, -0.1) is 0 Å². The van der Waals surface area contributed by atoms with Crippen LogP contribution in [0.25, 0.3) is 10.9 Å². The Balaban J connectivity index is 1.64. The van der Waals surface area contributed by atoms with Crippen LogP contribution in [0.4, 0.5) is 4.39 Å². The quantitative estimate of drug-likeness (QED) is 0.762. The second kappa shape index (κ2) is 4.49. The SMILES string of the molecule is Fc1ccc2[nH]cc(CCNCC3CC3)c2c1. The van der Waals surface area contributed by atoms with Gasteiger partial charge in [0.15, 0.2) is 0 Å². The summed E-state index contributed by atoms with van der Waals surface area (Å²) in [5.41, 5.74) is 2.21. The minimum atomic E-state index is -0.163. The molecule has 1 fully saturated rings. The lowest BCUT2D eigenvalue weighted by molar-refractivity contribution is 0.629. The average molecular weight is 232 g/mol. The maximum absolute atomic E-state index is 13.2.